The lowest BCUT2D eigenvalue weighted by molar-refractivity contribution is 0.415. The summed E-state index contributed by atoms with van der Waals surface area (Å²) in [7, 11) is 3.57. The van der Waals surface area contributed by atoms with Crippen LogP contribution in [-0.4, -0.2) is 16.9 Å². The van der Waals surface area contributed by atoms with Crippen LogP contribution in [0.1, 0.15) is 0 Å². The fourth-order valence-corrected chi connectivity index (χ4v) is 1.25. The summed E-state index contributed by atoms with van der Waals surface area (Å²) in [6.07, 6.45) is 1.98. The van der Waals surface area contributed by atoms with Crippen molar-refractivity contribution in [1.82, 2.24) is 9.78 Å². The SMILES string of the molecule is COc1ccc2cn(C)nc2c1. The molecule has 0 amide bonds. The first-order valence-electron chi connectivity index (χ1n) is 3.77. The number of ether oxygens (including phenoxy) is 1. The molecule has 0 fully saturated rings. The van der Waals surface area contributed by atoms with Gasteiger partial charge in [0.25, 0.3) is 0 Å². The Morgan fingerprint density at radius 3 is 3.00 bits per heavy atom. The van der Waals surface area contributed by atoms with Crippen molar-refractivity contribution in [3.8, 4) is 5.75 Å². The van der Waals surface area contributed by atoms with Crippen LogP contribution in [0.15, 0.2) is 24.4 Å². The van der Waals surface area contributed by atoms with E-state index < -0.39 is 0 Å². The van der Waals surface area contributed by atoms with Gasteiger partial charge in [0.05, 0.1) is 12.6 Å². The first kappa shape index (κ1) is 7.16. The van der Waals surface area contributed by atoms with Crippen LogP contribution in [0.4, 0.5) is 0 Å². The molecule has 0 bridgehead atoms. The van der Waals surface area contributed by atoms with Crippen LogP contribution in [0, 0.1) is 0 Å². The molecule has 0 radical (unpaired) electrons. The third-order valence-corrected chi connectivity index (χ3v) is 1.83. The number of aryl methyl sites for hydroxylation is 1. The van der Waals surface area contributed by atoms with Crippen LogP contribution < -0.4 is 4.74 Å². The first-order valence-corrected chi connectivity index (χ1v) is 3.77. The van der Waals surface area contributed by atoms with E-state index in [9.17, 15) is 0 Å². The van der Waals surface area contributed by atoms with Crippen LogP contribution >= 0.6 is 0 Å². The molecule has 12 heavy (non-hydrogen) atoms. The Bertz CT molecular complexity index is 406. The smallest absolute Gasteiger partial charge is 0.121 e. The number of nitrogens with zero attached hydrogens (tertiary/aromatic N) is 2. The second-order valence-corrected chi connectivity index (χ2v) is 2.73. The minimum atomic E-state index is 0.848. The maximum Gasteiger partial charge on any atom is 0.121 e. The quantitative estimate of drug-likeness (QED) is 0.636. The summed E-state index contributed by atoms with van der Waals surface area (Å²) in [5.74, 6) is 0.848. The third kappa shape index (κ3) is 1.03. The van der Waals surface area contributed by atoms with E-state index in [1.165, 1.54) is 0 Å². The molecule has 0 unspecified atom stereocenters. The van der Waals surface area contributed by atoms with Gasteiger partial charge in [0, 0.05) is 24.7 Å². The van der Waals surface area contributed by atoms with Crippen molar-refractivity contribution >= 4 is 10.9 Å². The Hall–Kier alpha value is -1.51. The van der Waals surface area contributed by atoms with Crippen molar-refractivity contribution in [2.75, 3.05) is 7.11 Å². The average molecular weight is 162 g/mol. The molecule has 0 aliphatic rings. The van der Waals surface area contributed by atoms with Gasteiger partial charge >= 0.3 is 0 Å². The highest BCUT2D eigenvalue weighted by molar-refractivity contribution is 5.79. The molecule has 0 N–H and O–H groups in total. The molecular weight excluding hydrogens is 152 g/mol. The third-order valence-electron chi connectivity index (χ3n) is 1.83. The Kier molecular flexibility index (Phi) is 1.50. The number of hydrogen-bond acceptors (Lipinski definition) is 2. The molecule has 2 aromatic rings. The molecule has 0 atom stereocenters. The van der Waals surface area contributed by atoms with Gasteiger partial charge in [0.15, 0.2) is 0 Å². The minimum Gasteiger partial charge on any atom is -0.497 e. The fourth-order valence-electron chi connectivity index (χ4n) is 1.25. The zero-order chi connectivity index (χ0) is 8.55. The van der Waals surface area contributed by atoms with Gasteiger partial charge in [-0.3, -0.25) is 4.68 Å². The Balaban J connectivity index is 2.66. The summed E-state index contributed by atoms with van der Waals surface area (Å²) in [4.78, 5) is 0. The monoisotopic (exact) mass is 162 g/mol. The molecule has 0 saturated carbocycles. The maximum atomic E-state index is 5.08. The highest BCUT2D eigenvalue weighted by Crippen LogP contribution is 2.18. The molecule has 62 valence electrons. The normalized spacial score (nSPS) is 10.5. The number of aromatic nitrogens is 2. The predicted molar refractivity (Wildman–Crippen MR) is 47.3 cm³/mol. The molecule has 1 aromatic heterocycles. The lowest BCUT2D eigenvalue weighted by Crippen LogP contribution is -1.85. The van der Waals surface area contributed by atoms with Gasteiger partial charge in [-0.1, -0.05) is 0 Å². The van der Waals surface area contributed by atoms with Gasteiger partial charge in [-0.15, -0.1) is 0 Å². The summed E-state index contributed by atoms with van der Waals surface area (Å²) in [5, 5.41) is 5.40. The lowest BCUT2D eigenvalue weighted by Gasteiger charge is -1.96. The zero-order valence-corrected chi connectivity index (χ0v) is 7.11. The molecule has 1 heterocycles. The van der Waals surface area contributed by atoms with Gasteiger partial charge in [-0.2, -0.15) is 5.10 Å². The van der Waals surface area contributed by atoms with Gasteiger partial charge < -0.3 is 4.74 Å². The molecule has 0 saturated heterocycles. The van der Waals surface area contributed by atoms with Gasteiger partial charge in [-0.25, -0.2) is 0 Å². The second kappa shape index (κ2) is 2.52. The average Bonchev–Trinajstić information content (AvgIpc) is 2.43. The number of fused-ring (bicyclic) bond motifs is 1. The molecule has 0 aliphatic heterocycles. The summed E-state index contributed by atoms with van der Waals surface area (Å²) in [6.45, 7) is 0. The largest absolute Gasteiger partial charge is 0.497 e. The standard InChI is InChI=1S/C9H10N2O/c1-11-6-7-3-4-8(12-2)5-9(7)10-11/h3-6H,1-2H3. The fraction of sp³-hybridized carbons (Fsp3) is 0.222. The van der Waals surface area contributed by atoms with Crippen molar-refractivity contribution in [1.29, 1.82) is 0 Å². The van der Waals surface area contributed by atoms with E-state index in [4.69, 9.17) is 4.74 Å². The molecule has 3 nitrogen and oxygen atoms in total. The van der Waals surface area contributed by atoms with Crippen LogP contribution in [0.3, 0.4) is 0 Å². The van der Waals surface area contributed by atoms with E-state index in [2.05, 4.69) is 5.10 Å². The van der Waals surface area contributed by atoms with E-state index in [0.717, 1.165) is 16.7 Å². The summed E-state index contributed by atoms with van der Waals surface area (Å²) >= 11 is 0. The van der Waals surface area contributed by atoms with Crippen LogP contribution in [0.2, 0.25) is 0 Å². The Morgan fingerprint density at radius 2 is 2.25 bits per heavy atom. The highest BCUT2D eigenvalue weighted by atomic mass is 16.5. The summed E-state index contributed by atoms with van der Waals surface area (Å²) < 4.78 is 6.88. The van der Waals surface area contributed by atoms with E-state index in [0.29, 0.717) is 0 Å². The summed E-state index contributed by atoms with van der Waals surface area (Å²) in [5.41, 5.74) is 0.969. The first-order chi connectivity index (χ1) is 5.79. The Morgan fingerprint density at radius 1 is 1.42 bits per heavy atom. The van der Waals surface area contributed by atoms with Gasteiger partial charge in [-0.05, 0) is 12.1 Å². The highest BCUT2D eigenvalue weighted by Gasteiger charge is 1.98. The predicted octanol–water partition coefficient (Wildman–Crippen LogP) is 1.58. The lowest BCUT2D eigenvalue weighted by atomic mass is 10.2. The minimum absolute atomic E-state index is 0.848. The van der Waals surface area contributed by atoms with Gasteiger partial charge in [0.1, 0.15) is 5.75 Å². The molecule has 3 heteroatoms. The Labute approximate surface area is 70.6 Å². The molecule has 1 aromatic carbocycles. The van der Waals surface area contributed by atoms with Gasteiger partial charge in [0.2, 0.25) is 0 Å². The van der Waals surface area contributed by atoms with Crippen molar-refractivity contribution in [3.05, 3.63) is 24.4 Å². The molecule has 0 aliphatic carbocycles. The van der Waals surface area contributed by atoms with Crippen LogP contribution in [0.5, 0.6) is 5.75 Å². The van der Waals surface area contributed by atoms with Crippen molar-refractivity contribution < 1.29 is 4.74 Å². The van der Waals surface area contributed by atoms with Crippen LogP contribution in [-0.2, 0) is 7.05 Å². The van der Waals surface area contributed by atoms with Crippen molar-refractivity contribution in [2.45, 2.75) is 0 Å². The number of hydrogen-bond donors (Lipinski definition) is 0. The van der Waals surface area contributed by atoms with E-state index >= 15 is 0 Å². The van der Waals surface area contributed by atoms with Crippen molar-refractivity contribution in [3.63, 3.8) is 0 Å². The van der Waals surface area contributed by atoms with Crippen LogP contribution in [0.25, 0.3) is 10.9 Å². The maximum absolute atomic E-state index is 5.08. The topological polar surface area (TPSA) is 27.1 Å². The van der Waals surface area contributed by atoms with E-state index in [1.807, 2.05) is 31.4 Å². The van der Waals surface area contributed by atoms with Crippen molar-refractivity contribution in [2.24, 2.45) is 7.05 Å². The number of benzene rings is 1. The number of rotatable bonds is 1. The molecular formula is C9H10N2O. The van der Waals surface area contributed by atoms with E-state index in [-0.39, 0.29) is 0 Å². The molecule has 0 spiro atoms. The summed E-state index contributed by atoms with van der Waals surface area (Å²) in [6, 6.07) is 5.86. The second-order valence-electron chi connectivity index (χ2n) is 2.73. The zero-order valence-electron chi connectivity index (χ0n) is 7.11. The number of methoxy groups -OCH3 is 1. The van der Waals surface area contributed by atoms with E-state index in [1.54, 1.807) is 11.8 Å². The molecule has 2 rings (SSSR count).